The van der Waals surface area contributed by atoms with Crippen LogP contribution in [-0.2, 0) is 13.0 Å². The second kappa shape index (κ2) is 9.29. The van der Waals surface area contributed by atoms with Crippen LogP contribution in [0.5, 0.6) is 0 Å². The van der Waals surface area contributed by atoms with Crippen LogP contribution >= 0.6 is 15.9 Å². The van der Waals surface area contributed by atoms with Gasteiger partial charge in [-0.15, -0.1) is 0 Å². The minimum Gasteiger partial charge on any atom is -0.356 e. The molecule has 0 saturated heterocycles. The van der Waals surface area contributed by atoms with Crippen LogP contribution in [0.25, 0.3) is 0 Å². The number of halogens is 2. The molecule has 0 atom stereocenters. The summed E-state index contributed by atoms with van der Waals surface area (Å²) in [6.07, 6.45) is 5.20. The Morgan fingerprint density at radius 1 is 1.35 bits per heavy atom. The monoisotopic (exact) mass is 381 g/mol. The SMILES string of the molecule is CN=C(NCCCc1ccc(Br)cc1F)NCCn1cccn1. The van der Waals surface area contributed by atoms with Crippen LogP contribution in [0.1, 0.15) is 12.0 Å². The number of guanidine groups is 1. The molecule has 0 fully saturated rings. The molecule has 5 nitrogen and oxygen atoms in total. The maximum absolute atomic E-state index is 13.7. The molecule has 0 amide bonds. The lowest BCUT2D eigenvalue weighted by molar-refractivity contribution is 0.593. The van der Waals surface area contributed by atoms with E-state index in [4.69, 9.17) is 0 Å². The summed E-state index contributed by atoms with van der Waals surface area (Å²) in [5.41, 5.74) is 0.733. The zero-order valence-corrected chi connectivity index (χ0v) is 14.7. The summed E-state index contributed by atoms with van der Waals surface area (Å²) in [7, 11) is 1.73. The van der Waals surface area contributed by atoms with Crippen LogP contribution in [0.2, 0.25) is 0 Å². The standard InChI is InChI=1S/C16H21BrFN5/c1-19-16(21-9-11-23-10-3-8-22-23)20-7-2-4-13-5-6-14(17)12-15(13)18/h3,5-6,8,10,12H,2,4,7,9,11H2,1H3,(H2,19,20,21). The van der Waals surface area contributed by atoms with Gasteiger partial charge in [-0.3, -0.25) is 9.67 Å². The summed E-state index contributed by atoms with van der Waals surface area (Å²) in [4.78, 5) is 4.17. The summed E-state index contributed by atoms with van der Waals surface area (Å²) in [5.74, 6) is 0.578. The van der Waals surface area contributed by atoms with Crippen molar-refractivity contribution in [1.82, 2.24) is 20.4 Å². The van der Waals surface area contributed by atoms with Crippen molar-refractivity contribution in [1.29, 1.82) is 0 Å². The van der Waals surface area contributed by atoms with Gasteiger partial charge in [-0.1, -0.05) is 22.0 Å². The van der Waals surface area contributed by atoms with Gasteiger partial charge in [0.2, 0.25) is 0 Å². The summed E-state index contributed by atoms with van der Waals surface area (Å²) in [6.45, 7) is 2.25. The Labute approximate surface area is 144 Å². The Hall–Kier alpha value is -1.89. The molecule has 0 bridgehead atoms. The molecule has 0 spiro atoms. The minimum atomic E-state index is -0.166. The van der Waals surface area contributed by atoms with E-state index in [1.54, 1.807) is 13.2 Å². The highest BCUT2D eigenvalue weighted by atomic mass is 79.9. The van der Waals surface area contributed by atoms with Gasteiger partial charge in [0.15, 0.2) is 5.96 Å². The van der Waals surface area contributed by atoms with Gasteiger partial charge in [-0.05, 0) is 36.6 Å². The van der Waals surface area contributed by atoms with Crippen molar-refractivity contribution in [3.8, 4) is 0 Å². The Balaban J connectivity index is 1.65. The molecule has 0 aliphatic carbocycles. The molecule has 1 heterocycles. The molecule has 0 aliphatic heterocycles. The van der Waals surface area contributed by atoms with Crippen LogP contribution in [0.15, 0.2) is 46.1 Å². The first-order chi connectivity index (χ1) is 11.2. The van der Waals surface area contributed by atoms with Crippen molar-refractivity contribution in [3.05, 3.63) is 52.5 Å². The summed E-state index contributed by atoms with van der Waals surface area (Å²) < 4.78 is 16.3. The zero-order valence-electron chi connectivity index (χ0n) is 13.1. The molecule has 2 aromatic rings. The molecular formula is C16H21BrFN5. The number of nitrogens with zero attached hydrogens (tertiary/aromatic N) is 3. The van der Waals surface area contributed by atoms with Crippen LogP contribution < -0.4 is 10.6 Å². The summed E-state index contributed by atoms with van der Waals surface area (Å²) in [6, 6.07) is 7.07. The first-order valence-electron chi connectivity index (χ1n) is 7.55. The van der Waals surface area contributed by atoms with Crippen LogP contribution in [-0.4, -0.2) is 35.9 Å². The van der Waals surface area contributed by atoms with E-state index in [1.807, 2.05) is 29.1 Å². The molecule has 2 rings (SSSR count). The van der Waals surface area contributed by atoms with Crippen molar-refractivity contribution in [2.75, 3.05) is 20.1 Å². The predicted octanol–water partition coefficient (Wildman–Crippen LogP) is 2.58. The second-order valence-electron chi connectivity index (χ2n) is 5.03. The summed E-state index contributed by atoms with van der Waals surface area (Å²) >= 11 is 3.26. The fourth-order valence-electron chi connectivity index (χ4n) is 2.15. The molecule has 0 radical (unpaired) electrons. The van der Waals surface area contributed by atoms with Crippen molar-refractivity contribution >= 4 is 21.9 Å². The van der Waals surface area contributed by atoms with Crippen molar-refractivity contribution in [2.24, 2.45) is 4.99 Å². The van der Waals surface area contributed by atoms with Gasteiger partial charge >= 0.3 is 0 Å². The van der Waals surface area contributed by atoms with Gasteiger partial charge < -0.3 is 10.6 Å². The highest BCUT2D eigenvalue weighted by Gasteiger charge is 2.03. The fourth-order valence-corrected chi connectivity index (χ4v) is 2.49. The van der Waals surface area contributed by atoms with E-state index in [-0.39, 0.29) is 5.82 Å². The second-order valence-corrected chi connectivity index (χ2v) is 5.95. The molecule has 23 heavy (non-hydrogen) atoms. The molecule has 2 N–H and O–H groups in total. The Bertz CT molecular complexity index is 627. The van der Waals surface area contributed by atoms with Gasteiger partial charge in [0.05, 0.1) is 6.54 Å². The lowest BCUT2D eigenvalue weighted by Crippen LogP contribution is -2.39. The third-order valence-electron chi connectivity index (χ3n) is 3.35. The van der Waals surface area contributed by atoms with Gasteiger partial charge in [0.1, 0.15) is 5.82 Å². The number of nitrogens with one attached hydrogen (secondary N) is 2. The Kier molecular flexibility index (Phi) is 7.06. The number of rotatable bonds is 7. The van der Waals surface area contributed by atoms with E-state index in [2.05, 4.69) is 36.7 Å². The minimum absolute atomic E-state index is 0.166. The molecule has 124 valence electrons. The highest BCUT2D eigenvalue weighted by Crippen LogP contribution is 2.16. The van der Waals surface area contributed by atoms with Gasteiger partial charge in [-0.2, -0.15) is 5.10 Å². The van der Waals surface area contributed by atoms with E-state index in [0.29, 0.717) is 6.42 Å². The van der Waals surface area contributed by atoms with Gasteiger partial charge in [0, 0.05) is 37.0 Å². The van der Waals surface area contributed by atoms with E-state index in [0.717, 1.165) is 42.1 Å². The zero-order chi connectivity index (χ0) is 16.5. The van der Waals surface area contributed by atoms with E-state index >= 15 is 0 Å². The van der Waals surface area contributed by atoms with E-state index in [9.17, 15) is 4.39 Å². The quantitative estimate of drug-likeness (QED) is 0.440. The molecule has 1 aromatic heterocycles. The molecular weight excluding hydrogens is 361 g/mol. The number of aryl methyl sites for hydroxylation is 1. The lowest BCUT2D eigenvalue weighted by atomic mass is 10.1. The number of hydrogen-bond acceptors (Lipinski definition) is 2. The normalized spacial score (nSPS) is 11.5. The molecule has 0 aliphatic rings. The number of benzene rings is 1. The third kappa shape index (κ3) is 6.02. The Morgan fingerprint density at radius 2 is 2.17 bits per heavy atom. The first-order valence-corrected chi connectivity index (χ1v) is 8.34. The van der Waals surface area contributed by atoms with E-state index in [1.165, 1.54) is 6.07 Å². The average Bonchev–Trinajstić information content (AvgIpc) is 3.04. The molecule has 1 aromatic carbocycles. The van der Waals surface area contributed by atoms with Crippen LogP contribution in [0.3, 0.4) is 0 Å². The third-order valence-corrected chi connectivity index (χ3v) is 3.84. The van der Waals surface area contributed by atoms with E-state index < -0.39 is 0 Å². The first kappa shape index (κ1) is 17.5. The largest absolute Gasteiger partial charge is 0.356 e. The molecule has 0 unspecified atom stereocenters. The van der Waals surface area contributed by atoms with Crippen molar-refractivity contribution in [2.45, 2.75) is 19.4 Å². The smallest absolute Gasteiger partial charge is 0.191 e. The number of aromatic nitrogens is 2. The maximum atomic E-state index is 13.7. The molecule has 7 heteroatoms. The highest BCUT2D eigenvalue weighted by molar-refractivity contribution is 9.10. The van der Waals surface area contributed by atoms with Crippen LogP contribution in [0, 0.1) is 5.82 Å². The summed E-state index contributed by atoms with van der Waals surface area (Å²) in [5, 5.41) is 10.6. The molecule has 0 saturated carbocycles. The fraction of sp³-hybridized carbons (Fsp3) is 0.375. The topological polar surface area (TPSA) is 54.2 Å². The van der Waals surface area contributed by atoms with Gasteiger partial charge in [0.25, 0.3) is 0 Å². The Morgan fingerprint density at radius 3 is 2.87 bits per heavy atom. The average molecular weight is 382 g/mol. The predicted molar refractivity (Wildman–Crippen MR) is 94.0 cm³/mol. The lowest BCUT2D eigenvalue weighted by Gasteiger charge is -2.12. The number of hydrogen-bond donors (Lipinski definition) is 2. The van der Waals surface area contributed by atoms with Crippen molar-refractivity contribution < 1.29 is 4.39 Å². The van der Waals surface area contributed by atoms with Gasteiger partial charge in [-0.25, -0.2) is 4.39 Å². The number of aliphatic imine (C=N–C) groups is 1. The maximum Gasteiger partial charge on any atom is 0.191 e. The van der Waals surface area contributed by atoms with Crippen LogP contribution in [0.4, 0.5) is 4.39 Å². The van der Waals surface area contributed by atoms with Crippen molar-refractivity contribution in [3.63, 3.8) is 0 Å².